The van der Waals surface area contributed by atoms with E-state index in [0.29, 0.717) is 10.7 Å². The molecule has 1 amide bonds. The number of aryl methyl sites for hydroxylation is 2. The van der Waals surface area contributed by atoms with E-state index in [1.807, 2.05) is 12.1 Å². The van der Waals surface area contributed by atoms with Crippen LogP contribution < -0.4 is 5.32 Å². The summed E-state index contributed by atoms with van der Waals surface area (Å²) in [5, 5.41) is 7.64. The quantitative estimate of drug-likeness (QED) is 0.766. The predicted molar refractivity (Wildman–Crippen MR) is 95.3 cm³/mol. The van der Waals surface area contributed by atoms with E-state index in [1.54, 1.807) is 34.5 Å². The monoisotopic (exact) mass is 358 g/mol. The Bertz CT molecular complexity index is 865. The summed E-state index contributed by atoms with van der Waals surface area (Å²) in [6, 6.07) is 7.32. The molecule has 0 unspecified atom stereocenters. The van der Waals surface area contributed by atoms with Crippen molar-refractivity contribution in [2.24, 2.45) is 0 Å². The van der Waals surface area contributed by atoms with Crippen LogP contribution in [-0.4, -0.2) is 20.7 Å². The van der Waals surface area contributed by atoms with Crippen molar-refractivity contribution >= 4 is 34.5 Å². The van der Waals surface area contributed by atoms with Crippen molar-refractivity contribution < 1.29 is 4.79 Å². The Morgan fingerprint density at radius 1 is 1.25 bits per heavy atom. The number of nitrogens with one attached hydrogen (secondary N) is 1. The van der Waals surface area contributed by atoms with Gasteiger partial charge in [0.1, 0.15) is 12.7 Å². The number of nitrogens with zero attached hydrogens (tertiary/aromatic N) is 3. The number of amides is 1. The molecule has 4 rings (SSSR count). The first-order chi connectivity index (χ1) is 11.7. The first-order valence-electron chi connectivity index (χ1n) is 7.78. The molecule has 2 heterocycles. The molecule has 7 heteroatoms. The van der Waals surface area contributed by atoms with Gasteiger partial charge in [-0.25, -0.2) is 9.67 Å². The largest absolute Gasteiger partial charge is 0.319 e. The lowest BCUT2D eigenvalue weighted by Gasteiger charge is -2.10. The van der Waals surface area contributed by atoms with Crippen LogP contribution in [0.5, 0.6) is 0 Å². The number of halogens is 1. The van der Waals surface area contributed by atoms with Gasteiger partial charge in [-0.3, -0.25) is 4.79 Å². The fraction of sp³-hybridized carbons (Fsp3) is 0.235. The lowest BCUT2D eigenvalue weighted by atomic mass is 9.99. The van der Waals surface area contributed by atoms with Crippen molar-refractivity contribution in [1.29, 1.82) is 0 Å². The Morgan fingerprint density at radius 2 is 2.12 bits per heavy atom. The van der Waals surface area contributed by atoms with Crippen LogP contribution in [0.3, 0.4) is 0 Å². The Kier molecular flexibility index (Phi) is 4.08. The molecular formula is C17H15ClN4OS. The molecular weight excluding hydrogens is 344 g/mol. The topological polar surface area (TPSA) is 59.8 Å². The van der Waals surface area contributed by atoms with Gasteiger partial charge in [-0.2, -0.15) is 5.10 Å². The van der Waals surface area contributed by atoms with Crippen LogP contribution in [0.2, 0.25) is 5.02 Å². The highest BCUT2D eigenvalue weighted by atomic mass is 35.5. The van der Waals surface area contributed by atoms with Gasteiger partial charge in [0.25, 0.3) is 5.91 Å². The molecule has 0 spiro atoms. The minimum absolute atomic E-state index is 0.113. The number of rotatable bonds is 3. The molecule has 0 saturated carbocycles. The van der Waals surface area contributed by atoms with Gasteiger partial charge in [0.2, 0.25) is 0 Å². The molecule has 1 aromatic carbocycles. The molecule has 2 aromatic heterocycles. The van der Waals surface area contributed by atoms with E-state index in [9.17, 15) is 4.79 Å². The third-order valence-electron chi connectivity index (χ3n) is 4.09. The average molecular weight is 359 g/mol. The number of hydrogen-bond acceptors (Lipinski definition) is 4. The number of aromatic nitrogens is 3. The zero-order chi connectivity index (χ0) is 16.5. The first kappa shape index (κ1) is 15.4. The summed E-state index contributed by atoms with van der Waals surface area (Å²) in [7, 11) is 0. The second kappa shape index (κ2) is 6.37. The lowest BCUT2D eigenvalue weighted by Crippen LogP contribution is -2.12. The number of carbonyl (C=O) groups excluding carboxylic acids is 1. The summed E-state index contributed by atoms with van der Waals surface area (Å²) in [4.78, 5) is 18.7. The van der Waals surface area contributed by atoms with E-state index < -0.39 is 0 Å². The molecule has 122 valence electrons. The maximum absolute atomic E-state index is 12.7. The van der Waals surface area contributed by atoms with E-state index in [4.69, 9.17) is 11.6 Å². The summed E-state index contributed by atoms with van der Waals surface area (Å²) < 4.78 is 1.60. The standard InChI is InChI=1S/C17H15ClN4OS/c18-12-5-6-14(22-10-19-9-20-22)13(8-12)21-17(23)16-7-11-3-1-2-4-15(11)24-16/h5-10H,1-4H2,(H,21,23). The van der Waals surface area contributed by atoms with E-state index in [-0.39, 0.29) is 5.91 Å². The van der Waals surface area contributed by atoms with Gasteiger partial charge in [-0.05, 0) is 55.5 Å². The van der Waals surface area contributed by atoms with E-state index in [0.717, 1.165) is 23.4 Å². The molecule has 0 bridgehead atoms. The van der Waals surface area contributed by atoms with Gasteiger partial charge in [-0.1, -0.05) is 11.6 Å². The number of benzene rings is 1. The molecule has 0 aliphatic heterocycles. The number of thiophene rings is 1. The number of hydrogen-bond donors (Lipinski definition) is 1. The Morgan fingerprint density at radius 3 is 2.92 bits per heavy atom. The van der Waals surface area contributed by atoms with Gasteiger partial charge in [0.05, 0.1) is 16.3 Å². The van der Waals surface area contributed by atoms with Crippen LogP contribution in [0, 0.1) is 0 Å². The smallest absolute Gasteiger partial charge is 0.265 e. The number of carbonyl (C=O) groups is 1. The van der Waals surface area contributed by atoms with Crippen molar-refractivity contribution in [3.63, 3.8) is 0 Å². The fourth-order valence-corrected chi connectivity index (χ4v) is 4.25. The molecule has 0 atom stereocenters. The van der Waals surface area contributed by atoms with Crippen molar-refractivity contribution in [3.8, 4) is 5.69 Å². The van der Waals surface area contributed by atoms with Crippen LogP contribution in [0.1, 0.15) is 33.0 Å². The van der Waals surface area contributed by atoms with Crippen molar-refractivity contribution in [2.75, 3.05) is 5.32 Å². The Hall–Kier alpha value is -2.18. The maximum atomic E-state index is 12.7. The third kappa shape index (κ3) is 2.95. The first-order valence-corrected chi connectivity index (χ1v) is 8.97. The summed E-state index contributed by atoms with van der Waals surface area (Å²) in [5.74, 6) is -0.113. The number of anilines is 1. The van der Waals surface area contributed by atoms with Crippen LogP contribution in [-0.2, 0) is 12.8 Å². The third-order valence-corrected chi connectivity index (χ3v) is 5.56. The summed E-state index contributed by atoms with van der Waals surface area (Å²) >= 11 is 7.69. The molecule has 0 radical (unpaired) electrons. The lowest BCUT2D eigenvalue weighted by molar-refractivity contribution is 0.103. The van der Waals surface area contributed by atoms with Crippen molar-refractivity contribution in [3.05, 3.63) is 57.3 Å². The minimum Gasteiger partial charge on any atom is -0.319 e. The van der Waals surface area contributed by atoms with Gasteiger partial charge in [0.15, 0.2) is 0 Å². The minimum atomic E-state index is -0.113. The van der Waals surface area contributed by atoms with E-state index in [2.05, 4.69) is 15.4 Å². The normalized spacial score (nSPS) is 13.5. The van der Waals surface area contributed by atoms with Crippen LogP contribution in [0.15, 0.2) is 36.9 Å². The van der Waals surface area contributed by atoms with Gasteiger partial charge < -0.3 is 5.32 Å². The predicted octanol–water partition coefficient (Wildman–Crippen LogP) is 4.11. The van der Waals surface area contributed by atoms with Gasteiger partial charge >= 0.3 is 0 Å². The summed E-state index contributed by atoms with van der Waals surface area (Å²) in [6.45, 7) is 0. The average Bonchev–Trinajstić information content (AvgIpc) is 3.24. The Labute approximate surface area is 148 Å². The van der Waals surface area contributed by atoms with Crippen LogP contribution in [0.25, 0.3) is 5.69 Å². The highest BCUT2D eigenvalue weighted by molar-refractivity contribution is 7.14. The van der Waals surface area contributed by atoms with Crippen molar-refractivity contribution in [1.82, 2.24) is 14.8 Å². The maximum Gasteiger partial charge on any atom is 0.265 e. The van der Waals surface area contributed by atoms with Gasteiger partial charge in [0, 0.05) is 9.90 Å². The van der Waals surface area contributed by atoms with E-state index in [1.165, 1.54) is 29.6 Å². The number of fused-ring (bicyclic) bond motifs is 1. The fourth-order valence-electron chi connectivity index (χ4n) is 2.93. The molecule has 0 saturated heterocycles. The van der Waals surface area contributed by atoms with Crippen LogP contribution >= 0.6 is 22.9 Å². The molecule has 1 aliphatic rings. The van der Waals surface area contributed by atoms with Gasteiger partial charge in [-0.15, -0.1) is 11.3 Å². The second-order valence-electron chi connectivity index (χ2n) is 5.72. The van der Waals surface area contributed by atoms with E-state index >= 15 is 0 Å². The molecule has 0 fully saturated rings. The molecule has 24 heavy (non-hydrogen) atoms. The highest BCUT2D eigenvalue weighted by Crippen LogP contribution is 2.31. The van der Waals surface area contributed by atoms with Crippen molar-refractivity contribution in [2.45, 2.75) is 25.7 Å². The zero-order valence-corrected chi connectivity index (χ0v) is 14.4. The molecule has 5 nitrogen and oxygen atoms in total. The summed E-state index contributed by atoms with van der Waals surface area (Å²) in [5.41, 5.74) is 2.66. The molecule has 1 N–H and O–H groups in total. The highest BCUT2D eigenvalue weighted by Gasteiger charge is 2.18. The molecule has 3 aromatic rings. The second-order valence-corrected chi connectivity index (χ2v) is 7.30. The molecule has 1 aliphatic carbocycles. The SMILES string of the molecule is O=C(Nc1cc(Cl)ccc1-n1cncn1)c1cc2c(s1)CCCC2. The summed E-state index contributed by atoms with van der Waals surface area (Å²) in [6.07, 6.45) is 7.60. The Balaban J connectivity index is 1.64. The van der Waals surface area contributed by atoms with Crippen LogP contribution in [0.4, 0.5) is 5.69 Å². The zero-order valence-electron chi connectivity index (χ0n) is 12.8.